The van der Waals surface area contributed by atoms with Crippen LogP contribution in [0.4, 0.5) is 13.2 Å². The summed E-state index contributed by atoms with van der Waals surface area (Å²) in [7, 11) is 9.04. The Morgan fingerprint density at radius 2 is 0.923 bits per heavy atom. The molecule has 6 aromatic heterocycles. The third-order valence-electron chi connectivity index (χ3n) is 20.9. The first-order valence-corrected chi connectivity index (χ1v) is 38.6. The number of fused-ring (bicyclic) bond motifs is 3. The molecule has 24 nitrogen and oxygen atoms in total. The maximum absolute atomic E-state index is 14.6. The van der Waals surface area contributed by atoms with Crippen LogP contribution in [0.25, 0.3) is 71.3 Å². The van der Waals surface area contributed by atoms with Gasteiger partial charge < -0.3 is 52.4 Å². The number of ether oxygens (including phenoxy) is 9. The zero-order valence-corrected chi connectivity index (χ0v) is 66.9. The van der Waals surface area contributed by atoms with E-state index in [-0.39, 0.29) is 81.5 Å². The Morgan fingerprint density at radius 3 is 1.35 bits per heavy atom. The first-order chi connectivity index (χ1) is 56.7. The number of nitrogens with zero attached hydrogens (tertiary/aromatic N) is 12. The minimum atomic E-state index is -0.575. The molecule has 0 N–H and O–H groups in total. The van der Waals surface area contributed by atoms with Gasteiger partial charge in [0.2, 0.25) is 29.1 Å². The number of halogens is 3. The summed E-state index contributed by atoms with van der Waals surface area (Å²) in [6.45, 7) is 21.3. The number of likely N-dealkylation sites (tertiary alicyclic amines) is 2. The number of rotatable bonds is 23. The van der Waals surface area contributed by atoms with Crippen LogP contribution in [-0.4, -0.2) is 140 Å². The molecule has 117 heavy (non-hydrogen) atoms. The standard InChI is InChI=1S/C33H34FN5O4.C29H30FN3O4.C28H27FN4O4/c1-33(2,3)17-25(35-4)32(40)38-16-8-9-22(20-38)39-31-24(18-36-19-28(31)42-6)30(37-39)21-12-14-23(15-13-21)43-27-11-7-10-26(41-5)29(27)34;1-4-23(34)19-7-5-8-20(15-19)33-29-22(16-31-17-26(29)36-3)28(32-33)18-11-13-21(14-12-18)37-25-10-6-9-24(35-2)27(25)30;1-4-25(34)32-14-6-7-19(32)17-33-28-21(15-30-16-24(28)36-3)27(31-33)18-10-12-20(13-11-18)37-23-9-5-8-22(35-2)26(23)29/h7,10-15,17-19,22H,8-9,16,20H2,1-3,5-6H3;6,9-14,16-17,19-20H,4-5,7-8,15H2,1-3H3;4-5,8-13,15-16,19H,1,6-7,14,17H2,2-3H3/b25-17-;;. The molecule has 0 bridgehead atoms. The van der Waals surface area contributed by atoms with Crippen molar-refractivity contribution in [3.8, 4) is 103 Å². The molecule has 3 aliphatic rings. The average Bonchev–Trinajstić information content (AvgIpc) is 1.62. The smallest absolute Gasteiger partial charge is 0.252 e. The summed E-state index contributed by atoms with van der Waals surface area (Å²) in [6, 6.07) is 36.0. The number of pyridine rings is 3. The lowest BCUT2D eigenvalue weighted by Crippen LogP contribution is -2.41. The molecule has 12 aromatic rings. The molecular weight excluding hydrogens is 1500 g/mol. The van der Waals surface area contributed by atoms with Crippen LogP contribution in [0.5, 0.6) is 69.0 Å². The molecule has 3 fully saturated rings. The molecule has 4 unspecified atom stereocenters. The van der Waals surface area contributed by atoms with Gasteiger partial charge in [-0.15, -0.1) is 0 Å². The van der Waals surface area contributed by atoms with E-state index in [0.29, 0.717) is 78.6 Å². The predicted octanol–water partition coefficient (Wildman–Crippen LogP) is 19.0. The lowest BCUT2D eigenvalue weighted by Gasteiger charge is -2.33. The summed E-state index contributed by atoms with van der Waals surface area (Å²) < 4.78 is 98.9. The number of hydrogen-bond donors (Lipinski definition) is 0. The molecule has 15 rings (SSSR count). The van der Waals surface area contributed by atoms with Crippen molar-refractivity contribution < 1.29 is 70.2 Å². The fourth-order valence-corrected chi connectivity index (χ4v) is 15.2. The molecule has 1 saturated carbocycles. The second-order valence-corrected chi connectivity index (χ2v) is 29.5. The SMILES string of the molecule is C=CC(=O)N1CCCC1Cn1nc(-c2ccc(Oc3cccc(OC)c3F)cc2)c2cncc(OC)c21.CCC(=O)C1CCCC(n2nc(-c3ccc(Oc4cccc(OC)c4F)cc3)c3cncc(OC)c32)C1.[C-]#[N+]/C(=C\C(C)(C)C)C(=O)N1CCCC(n2nc(-c3ccc(Oc4cccc(OC)c4F)cc3)c3cncc(OC)c32)C1. The van der Waals surface area contributed by atoms with Crippen LogP contribution in [0, 0.1) is 35.4 Å². The van der Waals surface area contributed by atoms with Crippen molar-refractivity contribution >= 4 is 50.3 Å². The molecule has 604 valence electrons. The number of allylic oxidation sites excluding steroid dienone is 1. The summed E-state index contributed by atoms with van der Waals surface area (Å²) in [4.78, 5) is 58.4. The number of amides is 2. The van der Waals surface area contributed by atoms with Gasteiger partial charge in [0, 0.05) is 67.3 Å². The number of carbonyl (C=O) groups is 3. The van der Waals surface area contributed by atoms with Gasteiger partial charge in [-0.1, -0.05) is 65.0 Å². The average molecular weight is 1590 g/mol. The van der Waals surface area contributed by atoms with Gasteiger partial charge in [0.05, 0.1) is 109 Å². The highest BCUT2D eigenvalue weighted by Gasteiger charge is 2.35. The molecule has 0 radical (unpaired) electrons. The Labute approximate surface area is 675 Å². The Bertz CT molecular complexity index is 5680. The van der Waals surface area contributed by atoms with Crippen LogP contribution in [0.15, 0.2) is 189 Å². The second kappa shape index (κ2) is 36.5. The summed E-state index contributed by atoms with van der Waals surface area (Å²) in [5, 5.41) is 17.5. The van der Waals surface area contributed by atoms with E-state index in [1.54, 1.807) is 142 Å². The van der Waals surface area contributed by atoms with Gasteiger partial charge in [0.25, 0.3) is 5.91 Å². The van der Waals surface area contributed by atoms with E-state index in [1.165, 1.54) is 45.6 Å². The Hall–Kier alpha value is -13.3. The highest BCUT2D eigenvalue weighted by Crippen LogP contribution is 2.44. The van der Waals surface area contributed by atoms with Crippen molar-refractivity contribution in [1.29, 1.82) is 0 Å². The second-order valence-electron chi connectivity index (χ2n) is 29.5. The van der Waals surface area contributed by atoms with Crippen LogP contribution in [0.3, 0.4) is 0 Å². The highest BCUT2D eigenvalue weighted by atomic mass is 19.1. The molecule has 4 atom stereocenters. The van der Waals surface area contributed by atoms with Gasteiger partial charge in [0.1, 0.15) is 56.7 Å². The maximum atomic E-state index is 14.6. The van der Waals surface area contributed by atoms with Gasteiger partial charge >= 0.3 is 0 Å². The minimum Gasteiger partial charge on any atom is -0.494 e. The van der Waals surface area contributed by atoms with E-state index in [1.807, 2.05) is 83.0 Å². The first kappa shape index (κ1) is 81.8. The van der Waals surface area contributed by atoms with Crippen LogP contribution in [0.2, 0.25) is 0 Å². The van der Waals surface area contributed by atoms with Gasteiger partial charge in [-0.05, 0) is 166 Å². The van der Waals surface area contributed by atoms with Crippen LogP contribution >= 0.6 is 0 Å². The van der Waals surface area contributed by atoms with Crippen LogP contribution < -0.4 is 42.6 Å². The molecule has 2 aliphatic heterocycles. The maximum Gasteiger partial charge on any atom is 0.252 e. The van der Waals surface area contributed by atoms with Crippen molar-refractivity contribution in [2.45, 2.75) is 110 Å². The van der Waals surface area contributed by atoms with Crippen molar-refractivity contribution in [3.63, 3.8) is 0 Å². The van der Waals surface area contributed by atoms with E-state index in [4.69, 9.17) is 64.5 Å². The third-order valence-corrected chi connectivity index (χ3v) is 20.9. The molecular formula is C90H91F3N12O12. The number of aromatic nitrogens is 9. The summed E-state index contributed by atoms with van der Waals surface area (Å²) in [6.07, 6.45) is 21.0. The lowest BCUT2D eigenvalue weighted by molar-refractivity contribution is -0.128. The third kappa shape index (κ3) is 17.8. The van der Waals surface area contributed by atoms with Crippen LogP contribution in [-0.2, 0) is 20.9 Å². The van der Waals surface area contributed by atoms with Gasteiger partial charge in [-0.2, -0.15) is 28.5 Å². The van der Waals surface area contributed by atoms with Gasteiger partial charge in [-0.25, -0.2) is 4.85 Å². The van der Waals surface area contributed by atoms with E-state index in [9.17, 15) is 27.6 Å². The lowest BCUT2D eigenvalue weighted by atomic mass is 9.82. The number of Topliss-reactive ketones (excluding diaryl/α,β-unsaturated/α-hetero) is 1. The van der Waals surface area contributed by atoms with Crippen molar-refractivity contribution in [3.05, 3.63) is 218 Å². The number of hydrogen-bond acceptors (Lipinski definition) is 18. The predicted molar refractivity (Wildman–Crippen MR) is 438 cm³/mol. The molecule has 1 aliphatic carbocycles. The summed E-state index contributed by atoms with van der Waals surface area (Å²) >= 11 is 0. The fraction of sp³-hybridized carbons (Fsp3) is 0.311. The van der Waals surface area contributed by atoms with Gasteiger partial charge in [0.15, 0.2) is 51.7 Å². The van der Waals surface area contributed by atoms with Gasteiger partial charge in [-0.3, -0.25) is 43.4 Å². The van der Waals surface area contributed by atoms with Crippen LogP contribution in [0.1, 0.15) is 97.6 Å². The number of piperidine rings is 1. The number of benzene rings is 6. The molecule has 2 amide bonds. The van der Waals surface area contributed by atoms with E-state index >= 15 is 0 Å². The van der Waals surface area contributed by atoms with E-state index in [0.717, 1.165) is 112 Å². The number of methoxy groups -OCH3 is 6. The van der Waals surface area contributed by atoms with Crippen molar-refractivity contribution in [2.24, 2.45) is 11.3 Å². The Balaban J connectivity index is 0.000000153. The summed E-state index contributed by atoms with van der Waals surface area (Å²) in [5.41, 5.74) is 7.01. The molecule has 6 aromatic carbocycles. The Morgan fingerprint density at radius 1 is 0.513 bits per heavy atom. The minimum absolute atomic E-state index is 0.00728. The quantitative estimate of drug-likeness (QED) is 0.0427. The zero-order valence-electron chi connectivity index (χ0n) is 66.9. The highest BCUT2D eigenvalue weighted by molar-refractivity contribution is 5.99. The number of carbonyl (C=O) groups excluding carboxylic acids is 3. The molecule has 8 heterocycles. The molecule has 27 heteroatoms. The topological polar surface area (TPSA) is 237 Å². The van der Waals surface area contributed by atoms with Crippen molar-refractivity contribution in [1.82, 2.24) is 54.1 Å². The largest absolute Gasteiger partial charge is 0.494 e. The molecule has 2 saturated heterocycles. The normalized spacial score (nSPS) is 16.1. The van der Waals surface area contributed by atoms with Crippen molar-refractivity contribution in [2.75, 3.05) is 62.3 Å². The summed E-state index contributed by atoms with van der Waals surface area (Å²) in [5.74, 6) is 2.16. The first-order valence-electron chi connectivity index (χ1n) is 38.6. The van der Waals surface area contributed by atoms with E-state index < -0.39 is 17.5 Å². The fourth-order valence-electron chi connectivity index (χ4n) is 15.2. The van der Waals surface area contributed by atoms with E-state index in [2.05, 4.69) is 26.4 Å². The monoisotopic (exact) mass is 1590 g/mol. The zero-order chi connectivity index (χ0) is 82.6. The Kier molecular flexibility index (Phi) is 25.5. The number of ketones is 1. The molecule has 0 spiro atoms.